The molecule has 1 rings (SSSR count). The summed E-state index contributed by atoms with van der Waals surface area (Å²) in [7, 11) is -4.17. The Morgan fingerprint density at radius 1 is 0.636 bits per heavy atom. The average Bonchev–Trinajstić information content (AvgIpc) is 2.76. The zero-order chi connectivity index (χ0) is 24.4. The van der Waals surface area contributed by atoms with Crippen LogP contribution in [0.2, 0.25) is 0 Å². The van der Waals surface area contributed by atoms with E-state index >= 15 is 0 Å². The fourth-order valence-electron chi connectivity index (χ4n) is 4.47. The largest absolute Gasteiger partial charge is 0.493 e. The molecular formula is C28H50O4S. The molecule has 0 aliphatic heterocycles. The fourth-order valence-corrected chi connectivity index (χ4v) is 5.12. The molecule has 33 heavy (non-hydrogen) atoms. The van der Waals surface area contributed by atoms with Gasteiger partial charge >= 0.3 is 0 Å². The van der Waals surface area contributed by atoms with Gasteiger partial charge < -0.3 is 4.74 Å². The maximum absolute atomic E-state index is 11.3. The Labute approximate surface area is 204 Å². The average molecular weight is 483 g/mol. The predicted molar refractivity (Wildman–Crippen MR) is 140 cm³/mol. The molecule has 0 saturated heterocycles. The van der Waals surface area contributed by atoms with Crippen LogP contribution in [0.5, 0.6) is 5.75 Å². The number of benzene rings is 1. The van der Waals surface area contributed by atoms with Crippen LogP contribution in [0.4, 0.5) is 0 Å². The molecule has 0 aliphatic carbocycles. The molecule has 4 nitrogen and oxygen atoms in total. The lowest BCUT2D eigenvalue weighted by atomic mass is 10.0. The van der Waals surface area contributed by atoms with Crippen LogP contribution in [-0.2, 0) is 10.1 Å². The molecule has 0 radical (unpaired) electrons. The Hall–Kier alpha value is -1.07. The lowest BCUT2D eigenvalue weighted by Gasteiger charge is -2.13. The number of unbranched alkanes of at least 4 members (excludes halogenated alkanes) is 17. The van der Waals surface area contributed by atoms with E-state index in [1.807, 2.05) is 13.8 Å². The second kappa shape index (κ2) is 18.3. The van der Waals surface area contributed by atoms with Crippen LogP contribution in [0.1, 0.15) is 134 Å². The van der Waals surface area contributed by atoms with E-state index in [1.54, 1.807) is 0 Å². The highest BCUT2D eigenvalue weighted by Crippen LogP contribution is 2.27. The fraction of sp³-hybridized carbons (Fsp3) is 0.786. The maximum atomic E-state index is 11.3. The van der Waals surface area contributed by atoms with Gasteiger partial charge in [-0.1, -0.05) is 116 Å². The summed E-state index contributed by atoms with van der Waals surface area (Å²) in [6.07, 6.45) is 24.4. The van der Waals surface area contributed by atoms with Gasteiger partial charge in [0.25, 0.3) is 10.1 Å². The van der Waals surface area contributed by atoms with Crippen LogP contribution in [0.15, 0.2) is 17.0 Å². The molecule has 1 N–H and O–H groups in total. The Morgan fingerprint density at radius 3 is 1.30 bits per heavy atom. The van der Waals surface area contributed by atoms with Crippen LogP contribution in [0.25, 0.3) is 0 Å². The Bertz CT molecular complexity index is 704. The summed E-state index contributed by atoms with van der Waals surface area (Å²) in [4.78, 5) is -0.0713. The molecular weight excluding hydrogens is 432 g/mol. The quantitative estimate of drug-likeness (QED) is 0.140. The zero-order valence-corrected chi connectivity index (χ0v) is 22.5. The van der Waals surface area contributed by atoms with Gasteiger partial charge in [0, 0.05) is 0 Å². The van der Waals surface area contributed by atoms with E-state index in [0.29, 0.717) is 6.61 Å². The molecule has 0 aromatic heterocycles. The van der Waals surface area contributed by atoms with Crippen molar-refractivity contribution in [1.82, 2.24) is 0 Å². The second-order valence-corrected chi connectivity index (χ2v) is 11.1. The second-order valence-electron chi connectivity index (χ2n) is 9.72. The molecule has 0 bridgehead atoms. The number of hydrogen-bond acceptors (Lipinski definition) is 3. The lowest BCUT2D eigenvalue weighted by Crippen LogP contribution is -2.04. The lowest BCUT2D eigenvalue weighted by molar-refractivity contribution is 0.300. The van der Waals surface area contributed by atoms with Gasteiger partial charge in [0.1, 0.15) is 5.75 Å². The summed E-state index contributed by atoms with van der Waals surface area (Å²) in [6.45, 7) is 6.55. The van der Waals surface area contributed by atoms with Gasteiger partial charge in [0.2, 0.25) is 0 Å². The molecule has 1 aromatic rings. The third kappa shape index (κ3) is 14.7. The van der Waals surface area contributed by atoms with Gasteiger partial charge in [0.05, 0.1) is 11.5 Å². The minimum absolute atomic E-state index is 0.0713. The summed E-state index contributed by atoms with van der Waals surface area (Å²) in [5.41, 5.74) is 1.48. The summed E-state index contributed by atoms with van der Waals surface area (Å²) in [5.74, 6) is 0.731. The summed E-state index contributed by atoms with van der Waals surface area (Å²) >= 11 is 0. The van der Waals surface area contributed by atoms with Crippen LogP contribution in [0.3, 0.4) is 0 Å². The number of aryl methyl sites for hydroxylation is 2. The van der Waals surface area contributed by atoms with Crippen LogP contribution in [-0.4, -0.2) is 19.6 Å². The first kappa shape index (κ1) is 30.0. The van der Waals surface area contributed by atoms with E-state index in [9.17, 15) is 13.0 Å². The highest BCUT2D eigenvalue weighted by molar-refractivity contribution is 7.85. The molecule has 0 aliphatic rings. The van der Waals surface area contributed by atoms with Gasteiger partial charge in [-0.25, -0.2) is 0 Å². The molecule has 0 unspecified atom stereocenters. The molecule has 1 aromatic carbocycles. The van der Waals surface area contributed by atoms with Gasteiger partial charge in [-0.05, 0) is 43.5 Å². The van der Waals surface area contributed by atoms with Crippen molar-refractivity contribution in [3.8, 4) is 5.75 Å². The number of ether oxygens (including phenoxy) is 1. The van der Waals surface area contributed by atoms with E-state index in [4.69, 9.17) is 4.74 Å². The summed E-state index contributed by atoms with van der Waals surface area (Å²) in [6, 6.07) is 2.93. The highest BCUT2D eigenvalue weighted by Gasteiger charge is 2.14. The summed E-state index contributed by atoms with van der Waals surface area (Å²) in [5, 5.41) is 0. The van der Waals surface area contributed by atoms with Gasteiger partial charge in [0.15, 0.2) is 0 Å². The molecule has 0 saturated carbocycles. The smallest absolute Gasteiger partial charge is 0.294 e. The normalized spacial score (nSPS) is 11.8. The molecule has 0 fully saturated rings. The first-order chi connectivity index (χ1) is 15.9. The van der Waals surface area contributed by atoms with Crippen LogP contribution < -0.4 is 4.74 Å². The SMILES string of the molecule is CCCCCCCCCCCCCCCCCCCCOc1c(C)cc(S(=O)(=O)O)cc1C. The Kier molecular flexibility index (Phi) is 16.6. The van der Waals surface area contributed by atoms with Crippen molar-refractivity contribution in [1.29, 1.82) is 0 Å². The Morgan fingerprint density at radius 2 is 0.970 bits per heavy atom. The van der Waals surface area contributed by atoms with Crippen molar-refractivity contribution < 1.29 is 17.7 Å². The maximum Gasteiger partial charge on any atom is 0.294 e. The molecule has 5 heteroatoms. The third-order valence-electron chi connectivity index (χ3n) is 6.48. The van der Waals surface area contributed by atoms with Gasteiger partial charge in [-0.15, -0.1) is 0 Å². The van der Waals surface area contributed by atoms with Gasteiger partial charge in [-0.3, -0.25) is 4.55 Å². The molecule has 0 amide bonds. The first-order valence-corrected chi connectivity index (χ1v) is 15.0. The van der Waals surface area contributed by atoms with Crippen molar-refractivity contribution in [2.45, 2.75) is 141 Å². The van der Waals surface area contributed by atoms with E-state index in [0.717, 1.165) is 23.3 Å². The topological polar surface area (TPSA) is 63.6 Å². The van der Waals surface area contributed by atoms with E-state index in [1.165, 1.54) is 121 Å². The van der Waals surface area contributed by atoms with Crippen molar-refractivity contribution in [2.75, 3.05) is 6.61 Å². The number of hydrogen-bond donors (Lipinski definition) is 1. The highest BCUT2D eigenvalue weighted by atomic mass is 32.2. The minimum atomic E-state index is -4.17. The predicted octanol–water partition coefficient (Wildman–Crippen LogP) is 8.97. The van der Waals surface area contributed by atoms with Crippen molar-refractivity contribution >= 4 is 10.1 Å². The van der Waals surface area contributed by atoms with E-state index in [-0.39, 0.29) is 4.90 Å². The molecule has 192 valence electrons. The minimum Gasteiger partial charge on any atom is -0.493 e. The van der Waals surface area contributed by atoms with E-state index < -0.39 is 10.1 Å². The van der Waals surface area contributed by atoms with Crippen molar-refractivity contribution in [3.05, 3.63) is 23.3 Å². The Balaban J connectivity index is 1.92. The standard InChI is InChI=1S/C28H50O4S/c1-4-5-6-7-8-9-10-11-12-13-14-15-16-17-18-19-20-21-22-32-28-25(2)23-27(24-26(28)3)33(29,30)31/h23-24H,4-22H2,1-3H3,(H,29,30,31). The van der Waals surface area contributed by atoms with Crippen molar-refractivity contribution in [2.24, 2.45) is 0 Å². The zero-order valence-electron chi connectivity index (χ0n) is 21.7. The molecule has 0 spiro atoms. The van der Waals surface area contributed by atoms with Crippen LogP contribution in [0, 0.1) is 13.8 Å². The summed E-state index contributed by atoms with van der Waals surface area (Å²) < 4.78 is 37.7. The number of rotatable bonds is 21. The van der Waals surface area contributed by atoms with Crippen molar-refractivity contribution in [3.63, 3.8) is 0 Å². The van der Waals surface area contributed by atoms with E-state index in [2.05, 4.69) is 6.92 Å². The van der Waals surface area contributed by atoms with Gasteiger partial charge in [-0.2, -0.15) is 8.42 Å². The third-order valence-corrected chi connectivity index (χ3v) is 7.31. The first-order valence-electron chi connectivity index (χ1n) is 13.6. The molecule has 0 heterocycles. The molecule has 0 atom stereocenters. The van der Waals surface area contributed by atoms with Crippen LogP contribution >= 0.6 is 0 Å². The monoisotopic (exact) mass is 482 g/mol.